The van der Waals surface area contributed by atoms with Crippen LogP contribution in [0.4, 0.5) is 5.69 Å². The molecule has 0 aliphatic rings. The van der Waals surface area contributed by atoms with Crippen molar-refractivity contribution in [2.45, 2.75) is 20.8 Å². The Morgan fingerprint density at radius 1 is 1.24 bits per heavy atom. The largest absolute Gasteiger partial charge is 0.335 e. The van der Waals surface area contributed by atoms with Crippen LogP contribution in [-0.4, -0.2) is 29.8 Å². The van der Waals surface area contributed by atoms with Crippen LogP contribution >= 0.6 is 0 Å². The number of benzene rings is 1. The summed E-state index contributed by atoms with van der Waals surface area (Å²) in [6, 6.07) is 7.31. The van der Waals surface area contributed by atoms with Crippen molar-refractivity contribution < 1.29 is 9.59 Å². The van der Waals surface area contributed by atoms with Crippen LogP contribution in [0.15, 0.2) is 42.5 Å². The predicted molar refractivity (Wildman–Crippen MR) is 86.8 cm³/mol. The Morgan fingerprint density at radius 3 is 2.33 bits per heavy atom. The van der Waals surface area contributed by atoms with Crippen LogP contribution in [-0.2, 0) is 9.59 Å². The third-order valence-corrected chi connectivity index (χ3v) is 2.80. The Bertz CT molecular complexity index is 544. The number of likely N-dealkylation sites (N-methyl/N-ethyl adjacent to an activating group) is 1. The molecule has 0 radical (unpaired) electrons. The average molecular weight is 286 g/mol. The third kappa shape index (κ3) is 6.08. The molecule has 1 N–H and O–H groups in total. The van der Waals surface area contributed by atoms with E-state index in [-0.39, 0.29) is 11.8 Å². The highest BCUT2D eigenvalue weighted by molar-refractivity contribution is 5.92. The first-order valence-electron chi connectivity index (χ1n) is 6.91. The lowest BCUT2D eigenvalue weighted by molar-refractivity contribution is -0.125. The molecule has 0 spiro atoms. The predicted octanol–water partition coefficient (Wildman–Crippen LogP) is 3.08. The van der Waals surface area contributed by atoms with E-state index in [1.807, 2.05) is 26.0 Å². The molecule has 0 atom stereocenters. The van der Waals surface area contributed by atoms with Gasteiger partial charge in [0.05, 0.1) is 0 Å². The van der Waals surface area contributed by atoms with Gasteiger partial charge in [-0.15, -0.1) is 0 Å². The van der Waals surface area contributed by atoms with Gasteiger partial charge in [-0.2, -0.15) is 0 Å². The number of hydrogen-bond acceptors (Lipinski definition) is 2. The van der Waals surface area contributed by atoms with E-state index >= 15 is 0 Å². The van der Waals surface area contributed by atoms with E-state index in [0.717, 1.165) is 16.8 Å². The number of carbonyl (C=O) groups is 2. The van der Waals surface area contributed by atoms with Gasteiger partial charge in [-0.05, 0) is 37.6 Å². The van der Waals surface area contributed by atoms with Crippen LogP contribution in [0, 0.1) is 0 Å². The van der Waals surface area contributed by atoms with Gasteiger partial charge in [-0.25, -0.2) is 0 Å². The van der Waals surface area contributed by atoms with Crippen molar-refractivity contribution in [1.29, 1.82) is 0 Å². The maximum absolute atomic E-state index is 12.0. The van der Waals surface area contributed by atoms with Gasteiger partial charge in [0.15, 0.2) is 0 Å². The monoisotopic (exact) mass is 286 g/mol. The highest BCUT2D eigenvalue weighted by atomic mass is 16.2. The summed E-state index contributed by atoms with van der Waals surface area (Å²) < 4.78 is 0. The minimum atomic E-state index is -0.105. The fourth-order valence-electron chi connectivity index (χ4n) is 1.83. The number of rotatable bonds is 6. The number of hydrogen-bond donors (Lipinski definition) is 1. The molecule has 0 fully saturated rings. The van der Waals surface area contributed by atoms with E-state index in [4.69, 9.17) is 0 Å². The van der Waals surface area contributed by atoms with Crippen LogP contribution in [0.1, 0.15) is 26.3 Å². The Labute approximate surface area is 126 Å². The third-order valence-electron chi connectivity index (χ3n) is 2.80. The number of nitrogens with zero attached hydrogens (tertiary/aromatic N) is 1. The minimum absolute atomic E-state index is 0.0357. The number of carbonyl (C=O) groups excluding carboxylic acids is 2. The molecule has 4 nitrogen and oxygen atoms in total. The standard InChI is InChI=1S/C17H22N2O2/c1-5-19(12-13(2)3)17(21)11-8-15-6-9-16(10-7-15)18-14(4)20/h6-11H,2,5,12H2,1,3-4H3,(H,18,20)/b11-8+. The minimum Gasteiger partial charge on any atom is -0.335 e. The molecule has 21 heavy (non-hydrogen) atoms. The number of nitrogens with one attached hydrogen (secondary N) is 1. The summed E-state index contributed by atoms with van der Waals surface area (Å²) in [6.45, 7) is 10.4. The summed E-state index contributed by atoms with van der Waals surface area (Å²) in [6.07, 6.45) is 3.32. The molecule has 0 heterocycles. The van der Waals surface area contributed by atoms with E-state index in [0.29, 0.717) is 13.1 Å². The summed E-state index contributed by atoms with van der Waals surface area (Å²) in [4.78, 5) is 24.7. The fraction of sp³-hybridized carbons (Fsp3) is 0.294. The molecule has 0 unspecified atom stereocenters. The average Bonchev–Trinajstić information content (AvgIpc) is 2.42. The molecule has 4 heteroatoms. The molecular weight excluding hydrogens is 264 g/mol. The first-order valence-corrected chi connectivity index (χ1v) is 6.91. The number of anilines is 1. The maximum Gasteiger partial charge on any atom is 0.246 e. The smallest absolute Gasteiger partial charge is 0.246 e. The van der Waals surface area contributed by atoms with Crippen molar-refractivity contribution in [3.63, 3.8) is 0 Å². The zero-order valence-electron chi connectivity index (χ0n) is 12.8. The zero-order chi connectivity index (χ0) is 15.8. The molecule has 0 saturated carbocycles. The van der Waals surface area contributed by atoms with Gasteiger partial charge < -0.3 is 10.2 Å². The Hall–Kier alpha value is -2.36. The molecule has 0 aliphatic heterocycles. The van der Waals surface area contributed by atoms with Crippen molar-refractivity contribution in [3.05, 3.63) is 48.1 Å². The molecule has 0 aromatic heterocycles. The SMILES string of the molecule is C=C(C)CN(CC)C(=O)/C=C/c1ccc(NC(C)=O)cc1. The molecular formula is C17H22N2O2. The van der Waals surface area contributed by atoms with Crippen molar-refractivity contribution in [2.24, 2.45) is 0 Å². The zero-order valence-corrected chi connectivity index (χ0v) is 12.8. The van der Waals surface area contributed by atoms with Crippen molar-refractivity contribution in [1.82, 2.24) is 4.90 Å². The second-order valence-corrected chi connectivity index (χ2v) is 4.95. The van der Waals surface area contributed by atoms with Gasteiger partial charge >= 0.3 is 0 Å². The van der Waals surface area contributed by atoms with Crippen LogP contribution in [0.2, 0.25) is 0 Å². The van der Waals surface area contributed by atoms with Gasteiger partial charge in [0.1, 0.15) is 0 Å². The molecule has 0 saturated heterocycles. The lowest BCUT2D eigenvalue weighted by Gasteiger charge is -2.18. The van der Waals surface area contributed by atoms with Crippen molar-refractivity contribution >= 4 is 23.6 Å². The quantitative estimate of drug-likeness (QED) is 0.645. The van der Waals surface area contributed by atoms with E-state index in [1.165, 1.54) is 6.92 Å². The lowest BCUT2D eigenvalue weighted by atomic mass is 10.2. The summed E-state index contributed by atoms with van der Waals surface area (Å²) in [5, 5.41) is 2.70. The first kappa shape index (κ1) is 16.7. The van der Waals surface area contributed by atoms with Gasteiger partial charge in [0.25, 0.3) is 0 Å². The molecule has 2 amide bonds. The second kappa shape index (κ2) is 8.04. The lowest BCUT2D eigenvalue weighted by Crippen LogP contribution is -2.30. The highest BCUT2D eigenvalue weighted by Crippen LogP contribution is 2.11. The number of amides is 2. The molecule has 112 valence electrons. The molecule has 0 bridgehead atoms. The van der Waals surface area contributed by atoms with E-state index < -0.39 is 0 Å². The summed E-state index contributed by atoms with van der Waals surface area (Å²) in [7, 11) is 0. The van der Waals surface area contributed by atoms with Gasteiger partial charge in [0, 0.05) is 31.8 Å². The Balaban J connectivity index is 2.68. The maximum atomic E-state index is 12.0. The van der Waals surface area contributed by atoms with E-state index in [1.54, 1.807) is 29.2 Å². The van der Waals surface area contributed by atoms with Gasteiger partial charge in [0.2, 0.25) is 11.8 Å². The van der Waals surface area contributed by atoms with Crippen LogP contribution in [0.5, 0.6) is 0 Å². The molecule has 1 aromatic rings. The van der Waals surface area contributed by atoms with Crippen LogP contribution in [0.25, 0.3) is 6.08 Å². The summed E-state index contributed by atoms with van der Waals surface area (Å²) in [5.41, 5.74) is 2.60. The molecule has 1 aromatic carbocycles. The van der Waals surface area contributed by atoms with E-state index in [9.17, 15) is 9.59 Å². The van der Waals surface area contributed by atoms with Crippen LogP contribution in [0.3, 0.4) is 0 Å². The second-order valence-electron chi connectivity index (χ2n) is 4.95. The topological polar surface area (TPSA) is 49.4 Å². The van der Waals surface area contributed by atoms with Crippen molar-refractivity contribution in [3.8, 4) is 0 Å². The summed E-state index contributed by atoms with van der Waals surface area (Å²) >= 11 is 0. The van der Waals surface area contributed by atoms with Gasteiger partial charge in [-0.1, -0.05) is 24.3 Å². The first-order chi connectivity index (χ1) is 9.92. The van der Waals surface area contributed by atoms with Crippen LogP contribution < -0.4 is 5.32 Å². The summed E-state index contributed by atoms with van der Waals surface area (Å²) in [5.74, 6) is -0.140. The Morgan fingerprint density at radius 2 is 1.86 bits per heavy atom. The molecule has 0 aliphatic carbocycles. The van der Waals surface area contributed by atoms with Gasteiger partial charge in [-0.3, -0.25) is 9.59 Å². The normalized spacial score (nSPS) is 10.4. The van der Waals surface area contributed by atoms with E-state index in [2.05, 4.69) is 11.9 Å². The molecule has 1 rings (SSSR count). The van der Waals surface area contributed by atoms with Crippen molar-refractivity contribution in [2.75, 3.05) is 18.4 Å². The fourth-order valence-corrected chi connectivity index (χ4v) is 1.83. The Kier molecular flexibility index (Phi) is 6.40. The highest BCUT2D eigenvalue weighted by Gasteiger charge is 2.07.